The average molecular weight is 213 g/mol. The zero-order chi connectivity index (χ0) is 10.8. The minimum Gasteiger partial charge on any atom is -0.275 e. The van der Waals surface area contributed by atoms with E-state index in [1.54, 1.807) is 17.1 Å². The second kappa shape index (κ2) is 4.04. The maximum atomic E-state index is 11.5. The predicted molar refractivity (Wildman–Crippen MR) is 58.7 cm³/mol. The summed E-state index contributed by atoms with van der Waals surface area (Å²) in [6.45, 7) is 5.68. The van der Waals surface area contributed by atoms with Gasteiger partial charge in [-0.1, -0.05) is 0 Å². The Hall–Kier alpha value is -0.970. The van der Waals surface area contributed by atoms with E-state index in [4.69, 9.17) is 0 Å². The molecule has 0 saturated heterocycles. The first-order valence-corrected chi connectivity index (χ1v) is 5.45. The highest BCUT2D eigenvalue weighted by Crippen LogP contribution is 2.11. The second-order valence-electron chi connectivity index (χ2n) is 4.04. The Morgan fingerprint density at radius 3 is 2.64 bits per heavy atom. The van der Waals surface area contributed by atoms with Gasteiger partial charge in [0.1, 0.15) is 11.0 Å². The van der Waals surface area contributed by atoms with Crippen LogP contribution >= 0.6 is 0 Å². The Kier molecular flexibility index (Phi) is 3.21. The van der Waals surface area contributed by atoms with Crippen molar-refractivity contribution in [1.29, 1.82) is 0 Å². The fourth-order valence-electron chi connectivity index (χ4n) is 0.774. The first-order valence-electron chi connectivity index (χ1n) is 4.34. The van der Waals surface area contributed by atoms with Crippen LogP contribution in [0.3, 0.4) is 0 Å². The zero-order valence-corrected chi connectivity index (χ0v) is 9.71. The van der Waals surface area contributed by atoms with Crippen molar-refractivity contribution in [3.05, 3.63) is 18.0 Å². The quantitative estimate of drug-likeness (QED) is 0.695. The van der Waals surface area contributed by atoms with E-state index in [-0.39, 0.29) is 4.75 Å². The van der Waals surface area contributed by atoms with Crippen LogP contribution < -0.4 is 0 Å². The van der Waals surface area contributed by atoms with Crippen molar-refractivity contribution in [2.45, 2.75) is 25.5 Å². The standard InChI is InChI=1S/C9H15N3OS/c1-9(2,3)14(13)11-6-8-5-10-12(4)7-8/h5-7H,1-4H3. The van der Waals surface area contributed by atoms with Gasteiger partial charge in [-0.05, 0) is 20.8 Å². The van der Waals surface area contributed by atoms with Gasteiger partial charge in [-0.25, -0.2) is 4.21 Å². The molecular formula is C9H15N3OS. The highest BCUT2D eigenvalue weighted by molar-refractivity contribution is 7.85. The molecule has 1 unspecified atom stereocenters. The molecule has 1 aromatic heterocycles. The molecule has 0 aliphatic rings. The number of rotatable bonds is 2. The SMILES string of the molecule is Cn1cc(C=NS(=O)C(C)(C)C)cn1. The summed E-state index contributed by atoms with van der Waals surface area (Å²) in [5.74, 6) is 0. The van der Waals surface area contributed by atoms with Gasteiger partial charge in [-0.15, -0.1) is 0 Å². The number of aryl methyl sites for hydroxylation is 1. The number of nitrogens with zero attached hydrogens (tertiary/aromatic N) is 3. The molecule has 0 aliphatic heterocycles. The Morgan fingerprint density at radius 2 is 2.21 bits per heavy atom. The molecule has 4 nitrogen and oxygen atoms in total. The summed E-state index contributed by atoms with van der Waals surface area (Å²) in [6.07, 6.45) is 5.10. The van der Waals surface area contributed by atoms with Crippen LogP contribution in [0.5, 0.6) is 0 Å². The smallest absolute Gasteiger partial charge is 0.144 e. The molecule has 78 valence electrons. The lowest BCUT2D eigenvalue weighted by atomic mass is 10.3. The van der Waals surface area contributed by atoms with Crippen LogP contribution in [0.1, 0.15) is 26.3 Å². The molecule has 0 spiro atoms. The number of hydrogen-bond donors (Lipinski definition) is 0. The summed E-state index contributed by atoms with van der Waals surface area (Å²) in [4.78, 5) is 0. The lowest BCUT2D eigenvalue weighted by Gasteiger charge is -2.12. The van der Waals surface area contributed by atoms with Gasteiger partial charge in [0.05, 0.1) is 10.9 Å². The van der Waals surface area contributed by atoms with E-state index in [0.717, 1.165) is 5.56 Å². The molecule has 5 heteroatoms. The number of hydrogen-bond acceptors (Lipinski definition) is 2. The molecular weight excluding hydrogens is 198 g/mol. The highest BCUT2D eigenvalue weighted by Gasteiger charge is 2.18. The molecule has 1 heterocycles. The molecule has 0 fully saturated rings. The first-order chi connectivity index (χ1) is 6.39. The Bertz CT molecular complexity index is 362. The van der Waals surface area contributed by atoms with Crippen molar-refractivity contribution in [1.82, 2.24) is 9.78 Å². The zero-order valence-electron chi connectivity index (χ0n) is 8.89. The molecule has 0 aliphatic carbocycles. The molecule has 0 aromatic carbocycles. The largest absolute Gasteiger partial charge is 0.275 e. The van der Waals surface area contributed by atoms with Crippen molar-refractivity contribution in [3.8, 4) is 0 Å². The molecule has 0 bridgehead atoms. The van der Waals surface area contributed by atoms with Gasteiger partial charge < -0.3 is 0 Å². The van der Waals surface area contributed by atoms with E-state index < -0.39 is 11.0 Å². The van der Waals surface area contributed by atoms with Gasteiger partial charge in [0.15, 0.2) is 0 Å². The van der Waals surface area contributed by atoms with Crippen LogP contribution in [-0.4, -0.2) is 25.0 Å². The van der Waals surface area contributed by atoms with Gasteiger partial charge >= 0.3 is 0 Å². The molecule has 0 N–H and O–H groups in total. The summed E-state index contributed by atoms with van der Waals surface area (Å²) in [6, 6.07) is 0. The van der Waals surface area contributed by atoms with Crippen LogP contribution in [0.15, 0.2) is 16.8 Å². The van der Waals surface area contributed by atoms with E-state index in [1.807, 2.05) is 34.0 Å². The monoisotopic (exact) mass is 213 g/mol. The van der Waals surface area contributed by atoms with Gasteiger partial charge in [0.2, 0.25) is 0 Å². The number of aromatic nitrogens is 2. The maximum absolute atomic E-state index is 11.5. The molecule has 1 rings (SSSR count). The van der Waals surface area contributed by atoms with Crippen molar-refractivity contribution in [2.75, 3.05) is 0 Å². The molecule has 0 saturated carbocycles. The van der Waals surface area contributed by atoms with Crippen molar-refractivity contribution < 1.29 is 4.21 Å². The molecule has 14 heavy (non-hydrogen) atoms. The molecule has 0 radical (unpaired) electrons. The molecule has 1 aromatic rings. The van der Waals surface area contributed by atoms with Crippen molar-refractivity contribution in [2.24, 2.45) is 11.4 Å². The molecule has 0 amide bonds. The first kappa shape index (κ1) is 11.1. The van der Waals surface area contributed by atoms with Crippen LogP contribution in [0.25, 0.3) is 0 Å². The van der Waals surface area contributed by atoms with E-state index in [1.165, 1.54) is 0 Å². The summed E-state index contributed by atoms with van der Waals surface area (Å²) in [7, 11) is 0.635. The van der Waals surface area contributed by atoms with Gasteiger partial charge in [-0.3, -0.25) is 4.68 Å². The lowest BCUT2D eigenvalue weighted by Crippen LogP contribution is -2.19. The third kappa shape index (κ3) is 3.06. The third-order valence-electron chi connectivity index (χ3n) is 1.55. The second-order valence-corrected chi connectivity index (χ2v) is 5.98. The lowest BCUT2D eigenvalue weighted by molar-refractivity contribution is 0.651. The van der Waals surface area contributed by atoms with Gasteiger partial charge in [0, 0.05) is 25.0 Å². The van der Waals surface area contributed by atoms with Crippen LogP contribution in [0.4, 0.5) is 0 Å². The molecule has 1 atom stereocenters. The minimum atomic E-state index is -1.20. The summed E-state index contributed by atoms with van der Waals surface area (Å²) < 4.78 is 16.9. The van der Waals surface area contributed by atoms with E-state index in [9.17, 15) is 4.21 Å². The average Bonchev–Trinajstić information content (AvgIpc) is 2.45. The summed E-state index contributed by atoms with van der Waals surface area (Å²) in [5.41, 5.74) is 0.866. The highest BCUT2D eigenvalue weighted by atomic mass is 32.2. The third-order valence-corrected chi connectivity index (χ3v) is 2.89. The van der Waals surface area contributed by atoms with E-state index in [0.29, 0.717) is 0 Å². The minimum absolute atomic E-state index is 0.307. The Morgan fingerprint density at radius 1 is 1.57 bits per heavy atom. The van der Waals surface area contributed by atoms with Gasteiger partial charge in [-0.2, -0.15) is 9.50 Å². The predicted octanol–water partition coefficient (Wildman–Crippen LogP) is 1.30. The van der Waals surface area contributed by atoms with E-state index >= 15 is 0 Å². The fraction of sp³-hybridized carbons (Fsp3) is 0.556. The topological polar surface area (TPSA) is 47.2 Å². The van der Waals surface area contributed by atoms with Crippen LogP contribution in [-0.2, 0) is 18.0 Å². The summed E-state index contributed by atoms with van der Waals surface area (Å²) in [5, 5.41) is 3.98. The Balaban J connectivity index is 2.70. The van der Waals surface area contributed by atoms with Crippen molar-refractivity contribution in [3.63, 3.8) is 0 Å². The van der Waals surface area contributed by atoms with Crippen molar-refractivity contribution >= 4 is 17.2 Å². The summed E-state index contributed by atoms with van der Waals surface area (Å²) >= 11 is 0. The maximum Gasteiger partial charge on any atom is 0.144 e. The fourth-order valence-corrected chi connectivity index (χ4v) is 1.31. The van der Waals surface area contributed by atoms with Gasteiger partial charge in [0.25, 0.3) is 0 Å². The Labute approximate surface area is 86.6 Å². The van der Waals surface area contributed by atoms with Crippen LogP contribution in [0, 0.1) is 0 Å². The normalized spacial score (nSPS) is 14.9. The van der Waals surface area contributed by atoms with Crippen LogP contribution in [0.2, 0.25) is 0 Å². The van der Waals surface area contributed by atoms with E-state index in [2.05, 4.69) is 9.50 Å².